The molecule has 0 unspecified atom stereocenters. The van der Waals surface area contributed by atoms with Crippen molar-refractivity contribution in [1.82, 2.24) is 11.0 Å². The highest BCUT2D eigenvalue weighted by molar-refractivity contribution is 5.80. The van der Waals surface area contributed by atoms with Crippen LogP contribution in [0, 0.1) is 0 Å². The van der Waals surface area contributed by atoms with Gasteiger partial charge in [-0.1, -0.05) is 13.3 Å². The fourth-order valence-corrected chi connectivity index (χ4v) is 1.45. The topological polar surface area (TPSA) is 56.6 Å². The van der Waals surface area contributed by atoms with Crippen molar-refractivity contribution in [1.29, 1.82) is 0 Å². The van der Waals surface area contributed by atoms with Crippen LogP contribution in [0.1, 0.15) is 32.6 Å². The molecule has 0 aliphatic carbocycles. The van der Waals surface area contributed by atoms with Gasteiger partial charge in [-0.2, -0.15) is 0 Å². The van der Waals surface area contributed by atoms with E-state index in [0.29, 0.717) is 0 Å². The van der Waals surface area contributed by atoms with Crippen LogP contribution in [0.5, 0.6) is 0 Å². The molecular weight excluding hydrogens is 166 g/mol. The maximum Gasteiger partial charge on any atom is 0.0392 e. The molecule has 74 valence electrons. The summed E-state index contributed by atoms with van der Waals surface area (Å²) >= 11 is 0. The Balaban J connectivity index is 2.67. The first-order valence-corrected chi connectivity index (χ1v) is 4.75. The van der Waals surface area contributed by atoms with Crippen molar-refractivity contribution >= 4 is 6.21 Å². The number of hydrogen-bond acceptors (Lipinski definition) is 4. The molecule has 4 heteroatoms. The van der Waals surface area contributed by atoms with Gasteiger partial charge in [0, 0.05) is 18.5 Å². The van der Waals surface area contributed by atoms with Crippen LogP contribution < -0.4 is 11.0 Å². The summed E-state index contributed by atoms with van der Waals surface area (Å²) in [4.78, 5) is 4.21. The van der Waals surface area contributed by atoms with E-state index in [9.17, 15) is 0 Å². The molecule has 1 aliphatic rings. The van der Waals surface area contributed by atoms with E-state index in [0.717, 1.165) is 37.9 Å². The maximum atomic E-state index is 8.55. The average molecular weight is 183 g/mol. The van der Waals surface area contributed by atoms with Gasteiger partial charge in [0.15, 0.2) is 0 Å². The highest BCUT2D eigenvalue weighted by Gasteiger charge is 2.06. The molecule has 1 heterocycles. The Labute approximate surface area is 78.7 Å². The molecule has 0 radical (unpaired) electrons. The molecule has 0 amide bonds. The fourth-order valence-electron chi connectivity index (χ4n) is 1.45. The molecule has 3 N–H and O–H groups in total. The Kier molecular flexibility index (Phi) is 4.49. The minimum Gasteiger partial charge on any atom is -0.303 e. The van der Waals surface area contributed by atoms with Crippen LogP contribution in [0.25, 0.3) is 0 Å². The minimum absolute atomic E-state index is 0.926. The highest BCUT2D eigenvalue weighted by atomic mass is 16.5. The minimum atomic E-state index is 0.926. The lowest BCUT2D eigenvalue weighted by Gasteiger charge is -2.14. The SMILES string of the molecule is CCCC(NNO)=C1C=NCCC1. The summed E-state index contributed by atoms with van der Waals surface area (Å²) in [6.45, 7) is 3.04. The molecule has 0 aromatic carbocycles. The first-order chi connectivity index (χ1) is 6.38. The van der Waals surface area contributed by atoms with Crippen LogP contribution in [0.2, 0.25) is 0 Å². The molecule has 0 bridgehead atoms. The quantitative estimate of drug-likeness (QED) is 0.577. The first-order valence-electron chi connectivity index (χ1n) is 4.75. The van der Waals surface area contributed by atoms with Gasteiger partial charge in [0.25, 0.3) is 0 Å². The van der Waals surface area contributed by atoms with E-state index < -0.39 is 0 Å². The van der Waals surface area contributed by atoms with Crippen molar-refractivity contribution in [2.24, 2.45) is 4.99 Å². The molecule has 0 aromatic heterocycles. The highest BCUT2D eigenvalue weighted by Crippen LogP contribution is 2.14. The van der Waals surface area contributed by atoms with Gasteiger partial charge < -0.3 is 5.43 Å². The third-order valence-electron chi connectivity index (χ3n) is 2.07. The predicted molar refractivity (Wildman–Crippen MR) is 52.6 cm³/mol. The van der Waals surface area contributed by atoms with Gasteiger partial charge in [-0.3, -0.25) is 10.2 Å². The lowest BCUT2D eigenvalue weighted by atomic mass is 10.0. The average Bonchev–Trinajstić information content (AvgIpc) is 2.19. The monoisotopic (exact) mass is 183 g/mol. The van der Waals surface area contributed by atoms with E-state index in [-0.39, 0.29) is 0 Å². The van der Waals surface area contributed by atoms with Gasteiger partial charge in [-0.25, -0.2) is 0 Å². The fraction of sp³-hybridized carbons (Fsp3) is 0.667. The second kappa shape index (κ2) is 5.72. The molecule has 0 atom stereocenters. The summed E-state index contributed by atoms with van der Waals surface area (Å²) in [5, 5.41) is 8.55. The molecule has 0 saturated heterocycles. The molecule has 0 aromatic rings. The van der Waals surface area contributed by atoms with Gasteiger partial charge in [0.2, 0.25) is 0 Å². The standard InChI is InChI=1S/C9H17N3O/c1-2-4-9(11-12-13)8-5-3-6-10-7-8/h7,11-13H,2-6H2,1H3. The van der Waals surface area contributed by atoms with E-state index >= 15 is 0 Å². The Morgan fingerprint density at radius 2 is 2.54 bits per heavy atom. The van der Waals surface area contributed by atoms with Crippen molar-refractivity contribution < 1.29 is 5.21 Å². The summed E-state index contributed by atoms with van der Waals surface area (Å²) in [6, 6.07) is 0. The number of allylic oxidation sites excluding steroid dienone is 2. The normalized spacial score (nSPS) is 20.2. The third-order valence-corrected chi connectivity index (χ3v) is 2.07. The number of rotatable bonds is 4. The maximum absolute atomic E-state index is 8.55. The van der Waals surface area contributed by atoms with E-state index in [2.05, 4.69) is 17.3 Å². The van der Waals surface area contributed by atoms with Gasteiger partial charge in [-0.15, -0.1) is 5.59 Å². The second-order valence-electron chi connectivity index (χ2n) is 3.13. The van der Waals surface area contributed by atoms with Gasteiger partial charge in [-0.05, 0) is 24.8 Å². The van der Waals surface area contributed by atoms with Crippen molar-refractivity contribution in [2.75, 3.05) is 6.54 Å². The third kappa shape index (κ3) is 3.16. The zero-order valence-electron chi connectivity index (χ0n) is 8.01. The molecule has 0 spiro atoms. The molecule has 0 fully saturated rings. The lowest BCUT2D eigenvalue weighted by molar-refractivity contribution is 0.131. The largest absolute Gasteiger partial charge is 0.303 e. The zero-order chi connectivity index (χ0) is 9.52. The zero-order valence-corrected chi connectivity index (χ0v) is 8.01. The van der Waals surface area contributed by atoms with Crippen LogP contribution in [-0.2, 0) is 0 Å². The van der Waals surface area contributed by atoms with Crippen molar-refractivity contribution in [3.8, 4) is 0 Å². The van der Waals surface area contributed by atoms with E-state index in [1.165, 1.54) is 5.57 Å². The van der Waals surface area contributed by atoms with Crippen LogP contribution in [0.4, 0.5) is 0 Å². The lowest BCUT2D eigenvalue weighted by Crippen LogP contribution is -2.29. The van der Waals surface area contributed by atoms with Gasteiger partial charge in [0.05, 0.1) is 0 Å². The molecule has 13 heavy (non-hydrogen) atoms. The predicted octanol–water partition coefficient (Wildman–Crippen LogP) is 1.39. The number of hydrogen-bond donors (Lipinski definition) is 3. The van der Waals surface area contributed by atoms with Gasteiger partial charge >= 0.3 is 0 Å². The summed E-state index contributed by atoms with van der Waals surface area (Å²) in [5.41, 5.74) is 6.98. The Hall–Kier alpha value is -0.870. The van der Waals surface area contributed by atoms with Crippen LogP contribution in [0.3, 0.4) is 0 Å². The number of nitrogens with zero attached hydrogens (tertiary/aromatic N) is 1. The van der Waals surface area contributed by atoms with E-state index in [1.807, 2.05) is 11.8 Å². The number of hydrazine groups is 1. The number of aliphatic imine (C=N–C) groups is 1. The smallest absolute Gasteiger partial charge is 0.0392 e. The summed E-state index contributed by atoms with van der Waals surface area (Å²) in [6.07, 6.45) is 6.05. The van der Waals surface area contributed by atoms with Crippen molar-refractivity contribution in [3.05, 3.63) is 11.3 Å². The summed E-state index contributed by atoms with van der Waals surface area (Å²) in [7, 11) is 0. The van der Waals surface area contributed by atoms with Crippen LogP contribution in [-0.4, -0.2) is 18.0 Å². The summed E-state index contributed by atoms with van der Waals surface area (Å²) < 4.78 is 0. The Morgan fingerprint density at radius 1 is 1.69 bits per heavy atom. The van der Waals surface area contributed by atoms with Gasteiger partial charge in [0.1, 0.15) is 0 Å². The molecule has 1 aliphatic heterocycles. The molecule has 0 saturated carbocycles. The van der Waals surface area contributed by atoms with Crippen molar-refractivity contribution in [2.45, 2.75) is 32.6 Å². The number of nitrogens with one attached hydrogen (secondary N) is 2. The Bertz CT molecular complexity index is 203. The first kappa shape index (κ1) is 10.2. The van der Waals surface area contributed by atoms with Crippen molar-refractivity contribution in [3.63, 3.8) is 0 Å². The van der Waals surface area contributed by atoms with E-state index in [1.54, 1.807) is 0 Å². The van der Waals surface area contributed by atoms with E-state index in [4.69, 9.17) is 5.21 Å². The summed E-state index contributed by atoms with van der Waals surface area (Å²) in [5.74, 6) is 0. The Morgan fingerprint density at radius 3 is 3.08 bits per heavy atom. The van der Waals surface area contributed by atoms with Crippen LogP contribution in [0.15, 0.2) is 16.3 Å². The van der Waals surface area contributed by atoms with Crippen LogP contribution >= 0.6 is 0 Å². The second-order valence-corrected chi connectivity index (χ2v) is 3.13. The molecule has 4 nitrogen and oxygen atoms in total. The molecule has 1 rings (SSSR count). The molecular formula is C9H17N3O.